The van der Waals surface area contributed by atoms with Gasteiger partial charge in [-0.2, -0.15) is 13.2 Å². The predicted molar refractivity (Wildman–Crippen MR) is 93.3 cm³/mol. The van der Waals surface area contributed by atoms with Crippen molar-refractivity contribution in [3.05, 3.63) is 58.6 Å². The van der Waals surface area contributed by atoms with Gasteiger partial charge in [0.05, 0.1) is 5.56 Å². The lowest BCUT2D eigenvalue weighted by Crippen LogP contribution is -2.15. The summed E-state index contributed by atoms with van der Waals surface area (Å²) in [6, 6.07) is 3.45. The summed E-state index contributed by atoms with van der Waals surface area (Å²) in [4.78, 5) is -1.03. The summed E-state index contributed by atoms with van der Waals surface area (Å²) in [6.45, 7) is 1.37. The van der Waals surface area contributed by atoms with E-state index in [1.54, 1.807) is 0 Å². The summed E-state index contributed by atoms with van der Waals surface area (Å²) in [7, 11) is -4.52. The van der Waals surface area contributed by atoms with Crippen LogP contribution in [0.15, 0.2) is 40.7 Å². The summed E-state index contributed by atoms with van der Waals surface area (Å²) in [5.74, 6) is -3.84. The van der Waals surface area contributed by atoms with Crippen molar-refractivity contribution in [3.63, 3.8) is 0 Å². The molecule has 29 heavy (non-hydrogen) atoms. The number of hydrogen-bond acceptors (Lipinski definition) is 6. The van der Waals surface area contributed by atoms with Crippen LogP contribution in [0.3, 0.4) is 0 Å². The SMILES string of the molecule is Cc1cc(Oc2cc(F)c(S(=O)(=O)Nc3nncs3)cc2F)cc(C(F)(F)F)c1. The molecule has 154 valence electrons. The predicted octanol–water partition coefficient (Wildman–Crippen LogP) is 4.74. The van der Waals surface area contributed by atoms with E-state index in [1.807, 2.05) is 4.72 Å². The number of aromatic nitrogens is 2. The van der Waals surface area contributed by atoms with Gasteiger partial charge in [0.25, 0.3) is 10.0 Å². The molecular weight excluding hydrogens is 441 g/mol. The van der Waals surface area contributed by atoms with E-state index in [0.717, 1.165) is 17.4 Å². The van der Waals surface area contributed by atoms with Crippen LogP contribution in [-0.4, -0.2) is 18.6 Å². The second-order valence-corrected chi connectivity index (χ2v) is 8.18. The van der Waals surface area contributed by atoms with Crippen LogP contribution < -0.4 is 9.46 Å². The van der Waals surface area contributed by atoms with Crippen LogP contribution in [0, 0.1) is 18.6 Å². The van der Waals surface area contributed by atoms with Gasteiger partial charge in [-0.3, -0.25) is 4.72 Å². The second kappa shape index (κ2) is 7.55. The molecule has 13 heteroatoms. The van der Waals surface area contributed by atoms with Crippen molar-refractivity contribution in [3.8, 4) is 11.5 Å². The molecule has 0 radical (unpaired) electrons. The summed E-state index contributed by atoms with van der Waals surface area (Å²) in [5.41, 5.74) is 0.369. The van der Waals surface area contributed by atoms with Gasteiger partial charge in [-0.05, 0) is 30.7 Å². The Morgan fingerprint density at radius 1 is 1.07 bits per heavy atom. The number of nitrogens with zero attached hydrogens (tertiary/aromatic N) is 2. The molecule has 2 aromatic carbocycles. The van der Waals surface area contributed by atoms with E-state index in [0.29, 0.717) is 18.2 Å². The monoisotopic (exact) mass is 451 g/mol. The fraction of sp³-hybridized carbons (Fsp3) is 0.125. The minimum Gasteiger partial charge on any atom is -0.454 e. The van der Waals surface area contributed by atoms with Crippen molar-refractivity contribution in [2.45, 2.75) is 18.0 Å². The number of hydrogen-bond donors (Lipinski definition) is 1. The minimum absolute atomic E-state index is 0.162. The molecule has 0 aliphatic rings. The zero-order valence-electron chi connectivity index (χ0n) is 14.3. The van der Waals surface area contributed by atoms with Gasteiger partial charge in [0, 0.05) is 12.1 Å². The average molecular weight is 451 g/mol. The number of anilines is 1. The van der Waals surface area contributed by atoms with Crippen LogP contribution in [-0.2, 0) is 16.2 Å². The normalized spacial score (nSPS) is 12.1. The maximum Gasteiger partial charge on any atom is 0.416 e. The molecule has 3 rings (SSSR count). The van der Waals surface area contributed by atoms with Crippen molar-refractivity contribution in [2.24, 2.45) is 0 Å². The zero-order valence-corrected chi connectivity index (χ0v) is 15.9. The van der Waals surface area contributed by atoms with Gasteiger partial charge in [-0.25, -0.2) is 17.2 Å². The average Bonchev–Trinajstić information content (AvgIpc) is 3.08. The van der Waals surface area contributed by atoms with Crippen LogP contribution in [0.1, 0.15) is 11.1 Å². The second-order valence-electron chi connectivity index (χ2n) is 5.70. The fourth-order valence-corrected chi connectivity index (χ4v) is 4.04. The molecule has 0 saturated carbocycles. The third-order valence-corrected chi connectivity index (χ3v) is 5.55. The molecule has 0 fully saturated rings. The van der Waals surface area contributed by atoms with Crippen molar-refractivity contribution in [1.82, 2.24) is 10.2 Å². The summed E-state index contributed by atoms with van der Waals surface area (Å²) in [5, 5.41) is 6.68. The highest BCUT2D eigenvalue weighted by molar-refractivity contribution is 7.93. The van der Waals surface area contributed by atoms with E-state index >= 15 is 0 Å². The Morgan fingerprint density at radius 3 is 2.41 bits per heavy atom. The van der Waals surface area contributed by atoms with Gasteiger partial charge >= 0.3 is 6.18 Å². The Morgan fingerprint density at radius 2 is 1.79 bits per heavy atom. The highest BCUT2D eigenvalue weighted by atomic mass is 32.2. The van der Waals surface area contributed by atoms with Crippen LogP contribution >= 0.6 is 11.3 Å². The van der Waals surface area contributed by atoms with Gasteiger partial charge in [0.2, 0.25) is 5.13 Å². The van der Waals surface area contributed by atoms with Gasteiger partial charge < -0.3 is 4.74 Å². The molecule has 0 spiro atoms. The first kappa shape index (κ1) is 20.9. The van der Waals surface area contributed by atoms with Crippen LogP contribution in [0.4, 0.5) is 27.1 Å². The van der Waals surface area contributed by atoms with Crippen LogP contribution in [0.5, 0.6) is 11.5 Å². The molecule has 0 atom stereocenters. The topological polar surface area (TPSA) is 81.2 Å². The first-order valence-electron chi connectivity index (χ1n) is 7.60. The molecule has 1 N–H and O–H groups in total. The van der Waals surface area contributed by atoms with Crippen molar-refractivity contribution in [2.75, 3.05) is 4.72 Å². The molecule has 1 heterocycles. The first-order valence-corrected chi connectivity index (χ1v) is 9.97. The van der Waals surface area contributed by atoms with Crippen molar-refractivity contribution < 1.29 is 35.1 Å². The number of halogens is 5. The lowest BCUT2D eigenvalue weighted by Gasteiger charge is -2.13. The van der Waals surface area contributed by atoms with Gasteiger partial charge in [0.1, 0.15) is 22.0 Å². The first-order chi connectivity index (χ1) is 13.5. The molecular formula is C16H10F5N3O3S2. The third-order valence-electron chi connectivity index (χ3n) is 3.46. The quantitative estimate of drug-likeness (QED) is 0.567. The standard InChI is InChI=1S/C16H10F5N3O3S2/c1-8-2-9(16(19,20)21)4-10(3-8)27-13-5-12(18)14(6-11(13)17)29(25,26)24-15-23-22-7-28-15/h2-7H,1H3,(H,23,24). The largest absolute Gasteiger partial charge is 0.454 e. The van der Waals surface area contributed by atoms with Crippen molar-refractivity contribution >= 4 is 26.5 Å². The number of rotatable bonds is 5. The van der Waals surface area contributed by atoms with Gasteiger partial charge in [0.15, 0.2) is 11.6 Å². The van der Waals surface area contributed by atoms with E-state index in [9.17, 15) is 30.4 Å². The van der Waals surface area contributed by atoms with E-state index in [2.05, 4.69) is 10.2 Å². The smallest absolute Gasteiger partial charge is 0.416 e. The van der Waals surface area contributed by atoms with E-state index in [1.165, 1.54) is 18.5 Å². The maximum absolute atomic E-state index is 14.3. The number of sulfonamides is 1. The third kappa shape index (κ3) is 4.79. The maximum atomic E-state index is 14.3. The Bertz CT molecular complexity index is 1150. The molecule has 0 amide bonds. The Balaban J connectivity index is 1.94. The summed E-state index contributed by atoms with van der Waals surface area (Å²) < 4.78 is 98.7. The Hall–Kier alpha value is -2.80. The van der Waals surface area contributed by atoms with E-state index < -0.39 is 49.8 Å². The molecule has 1 aromatic heterocycles. The number of ether oxygens (including phenoxy) is 1. The van der Waals surface area contributed by atoms with E-state index in [4.69, 9.17) is 4.74 Å². The lowest BCUT2D eigenvalue weighted by molar-refractivity contribution is -0.137. The highest BCUT2D eigenvalue weighted by Gasteiger charge is 2.31. The molecule has 0 saturated heterocycles. The molecule has 0 aliphatic carbocycles. The summed E-state index contributed by atoms with van der Waals surface area (Å²) in [6.07, 6.45) is -4.66. The zero-order chi connectivity index (χ0) is 21.4. The van der Waals surface area contributed by atoms with Crippen molar-refractivity contribution in [1.29, 1.82) is 0 Å². The number of alkyl halides is 3. The Labute approximate surface area is 165 Å². The van der Waals surface area contributed by atoms with Gasteiger partial charge in [-0.1, -0.05) is 11.3 Å². The number of benzene rings is 2. The highest BCUT2D eigenvalue weighted by Crippen LogP contribution is 2.35. The summed E-state index contributed by atoms with van der Waals surface area (Å²) >= 11 is 0.819. The fourth-order valence-electron chi connectivity index (χ4n) is 2.28. The van der Waals surface area contributed by atoms with Crippen LogP contribution in [0.2, 0.25) is 0 Å². The van der Waals surface area contributed by atoms with E-state index in [-0.39, 0.29) is 10.7 Å². The van der Waals surface area contributed by atoms with Gasteiger partial charge in [-0.15, -0.1) is 10.2 Å². The molecule has 0 unspecified atom stereocenters. The lowest BCUT2D eigenvalue weighted by atomic mass is 10.1. The number of aryl methyl sites for hydroxylation is 1. The Kier molecular flexibility index (Phi) is 5.45. The molecule has 0 aliphatic heterocycles. The number of nitrogens with one attached hydrogen (secondary N) is 1. The van der Waals surface area contributed by atoms with Crippen LogP contribution in [0.25, 0.3) is 0 Å². The molecule has 0 bridgehead atoms. The molecule has 6 nitrogen and oxygen atoms in total. The molecule has 3 aromatic rings. The minimum atomic E-state index is -4.66.